The van der Waals surface area contributed by atoms with Crippen molar-refractivity contribution in [1.82, 2.24) is 10.2 Å². The lowest BCUT2D eigenvalue weighted by Gasteiger charge is -2.33. The van der Waals surface area contributed by atoms with Gasteiger partial charge in [0.2, 0.25) is 0 Å². The summed E-state index contributed by atoms with van der Waals surface area (Å²) in [4.78, 5) is 14.8. The van der Waals surface area contributed by atoms with Gasteiger partial charge in [0.15, 0.2) is 0 Å². The maximum Gasteiger partial charge on any atom is 0.252 e. The van der Waals surface area contributed by atoms with E-state index in [4.69, 9.17) is 0 Å². The van der Waals surface area contributed by atoms with E-state index in [-0.39, 0.29) is 5.91 Å². The van der Waals surface area contributed by atoms with Crippen molar-refractivity contribution in [2.24, 2.45) is 0 Å². The van der Waals surface area contributed by atoms with Crippen LogP contribution in [-0.4, -0.2) is 23.4 Å². The first-order chi connectivity index (χ1) is 12.1. The van der Waals surface area contributed by atoms with Crippen LogP contribution in [0.15, 0.2) is 53.0 Å². The third-order valence-corrected chi connectivity index (χ3v) is 5.61. The van der Waals surface area contributed by atoms with Crippen LogP contribution < -0.4 is 5.32 Å². The summed E-state index contributed by atoms with van der Waals surface area (Å²) in [5.41, 5.74) is 3.13. The lowest BCUT2D eigenvalue weighted by molar-refractivity contribution is 0.0950. The second kappa shape index (κ2) is 8.63. The van der Waals surface area contributed by atoms with Gasteiger partial charge in [-0.05, 0) is 65.5 Å². The van der Waals surface area contributed by atoms with Crippen LogP contribution in [0.5, 0.6) is 0 Å². The summed E-state index contributed by atoms with van der Waals surface area (Å²) >= 11 is 3.42. The van der Waals surface area contributed by atoms with Gasteiger partial charge in [-0.3, -0.25) is 9.69 Å². The van der Waals surface area contributed by atoms with E-state index in [0.29, 0.717) is 18.2 Å². The van der Waals surface area contributed by atoms with Gasteiger partial charge in [-0.15, -0.1) is 0 Å². The van der Waals surface area contributed by atoms with Gasteiger partial charge in [-0.1, -0.05) is 42.8 Å². The van der Waals surface area contributed by atoms with Crippen LogP contribution in [0.3, 0.4) is 0 Å². The normalized spacial score (nSPS) is 18.1. The summed E-state index contributed by atoms with van der Waals surface area (Å²) in [7, 11) is 0. The van der Waals surface area contributed by atoms with Crippen LogP contribution in [0.2, 0.25) is 0 Å². The molecule has 2 aromatic rings. The van der Waals surface area contributed by atoms with Gasteiger partial charge < -0.3 is 5.32 Å². The zero-order valence-corrected chi connectivity index (χ0v) is 16.3. The van der Waals surface area contributed by atoms with Crippen LogP contribution in [0.4, 0.5) is 0 Å². The summed E-state index contributed by atoms with van der Waals surface area (Å²) in [6.45, 7) is 5.08. The first-order valence-corrected chi connectivity index (χ1v) is 9.77. The molecule has 3 rings (SSSR count). The summed E-state index contributed by atoms with van der Waals surface area (Å²) < 4.78 is 0.818. The number of carbonyl (C=O) groups is 1. The van der Waals surface area contributed by atoms with Crippen molar-refractivity contribution in [3.63, 3.8) is 0 Å². The Morgan fingerprint density at radius 1 is 1.12 bits per heavy atom. The first-order valence-electron chi connectivity index (χ1n) is 8.98. The highest BCUT2D eigenvalue weighted by molar-refractivity contribution is 9.10. The Kier molecular flexibility index (Phi) is 6.27. The van der Waals surface area contributed by atoms with Gasteiger partial charge in [-0.2, -0.15) is 0 Å². The Balaban J connectivity index is 1.54. The molecule has 25 heavy (non-hydrogen) atoms. The maximum atomic E-state index is 12.3. The molecule has 1 atom stereocenters. The van der Waals surface area contributed by atoms with Crippen molar-refractivity contribution in [1.29, 1.82) is 0 Å². The predicted molar refractivity (Wildman–Crippen MR) is 105 cm³/mol. The fraction of sp³-hybridized carbons (Fsp3) is 0.381. The van der Waals surface area contributed by atoms with Gasteiger partial charge >= 0.3 is 0 Å². The van der Waals surface area contributed by atoms with Crippen LogP contribution in [0.1, 0.15) is 47.7 Å². The molecule has 1 aliphatic rings. The summed E-state index contributed by atoms with van der Waals surface area (Å²) in [6.07, 6.45) is 3.97. The minimum absolute atomic E-state index is 0.0568. The molecule has 1 N–H and O–H groups in total. The van der Waals surface area contributed by atoms with Crippen molar-refractivity contribution >= 4 is 21.8 Å². The Labute approximate surface area is 158 Å². The Morgan fingerprint density at radius 2 is 1.84 bits per heavy atom. The van der Waals surface area contributed by atoms with Crippen molar-refractivity contribution in [3.8, 4) is 0 Å². The molecular formula is C21H25BrN2O. The number of halogens is 1. The highest BCUT2D eigenvalue weighted by atomic mass is 79.9. The minimum atomic E-state index is -0.0568. The quantitative estimate of drug-likeness (QED) is 0.784. The Bertz CT molecular complexity index is 714. The molecule has 0 bridgehead atoms. The van der Waals surface area contributed by atoms with Gasteiger partial charge in [0.25, 0.3) is 5.91 Å². The fourth-order valence-electron chi connectivity index (χ4n) is 3.31. The number of benzene rings is 2. The molecule has 1 heterocycles. The summed E-state index contributed by atoms with van der Waals surface area (Å²) in [5.74, 6) is -0.0568. The number of likely N-dealkylation sites (tertiary alicyclic amines) is 1. The molecule has 0 saturated carbocycles. The SMILES string of the molecule is CC1CCCCN1Cc1ccc(CNC(=O)c2ccccc2Br)cc1. The highest BCUT2D eigenvalue weighted by Gasteiger charge is 2.18. The van der Waals surface area contributed by atoms with Crippen molar-refractivity contribution in [2.75, 3.05) is 6.54 Å². The number of hydrogen-bond donors (Lipinski definition) is 1. The monoisotopic (exact) mass is 400 g/mol. The van der Waals surface area contributed by atoms with Gasteiger partial charge in [0, 0.05) is 23.6 Å². The molecule has 132 valence electrons. The number of amides is 1. The van der Waals surface area contributed by atoms with Crippen molar-refractivity contribution < 1.29 is 4.79 Å². The molecule has 0 aromatic heterocycles. The lowest BCUT2D eigenvalue weighted by Crippen LogP contribution is -2.36. The molecule has 0 aliphatic carbocycles. The summed E-state index contributed by atoms with van der Waals surface area (Å²) in [5, 5.41) is 2.98. The van der Waals surface area contributed by atoms with Gasteiger partial charge in [-0.25, -0.2) is 0 Å². The molecule has 1 aliphatic heterocycles. The van der Waals surface area contributed by atoms with Crippen LogP contribution in [-0.2, 0) is 13.1 Å². The van der Waals surface area contributed by atoms with E-state index in [1.165, 1.54) is 31.4 Å². The molecule has 1 amide bonds. The maximum absolute atomic E-state index is 12.3. The largest absolute Gasteiger partial charge is 0.348 e. The average Bonchev–Trinajstić information content (AvgIpc) is 2.63. The van der Waals surface area contributed by atoms with E-state index in [1.807, 2.05) is 24.3 Å². The Hall–Kier alpha value is -1.65. The van der Waals surface area contributed by atoms with E-state index in [1.54, 1.807) is 0 Å². The Morgan fingerprint density at radius 3 is 2.56 bits per heavy atom. The van der Waals surface area contributed by atoms with Gasteiger partial charge in [0.1, 0.15) is 0 Å². The van der Waals surface area contributed by atoms with Crippen molar-refractivity contribution in [2.45, 2.75) is 45.3 Å². The van der Waals surface area contributed by atoms with Crippen LogP contribution in [0, 0.1) is 0 Å². The predicted octanol–water partition coefficient (Wildman–Crippen LogP) is 4.75. The number of carbonyl (C=O) groups excluding carboxylic acids is 1. The number of hydrogen-bond acceptors (Lipinski definition) is 2. The third kappa shape index (κ3) is 4.93. The smallest absolute Gasteiger partial charge is 0.252 e. The molecule has 4 heteroatoms. The number of nitrogens with one attached hydrogen (secondary N) is 1. The van der Waals surface area contributed by atoms with E-state index >= 15 is 0 Å². The van der Waals surface area contributed by atoms with Crippen molar-refractivity contribution in [3.05, 3.63) is 69.7 Å². The molecule has 1 unspecified atom stereocenters. The average molecular weight is 401 g/mol. The second-order valence-corrected chi connectivity index (χ2v) is 7.65. The van der Waals surface area contributed by atoms with Gasteiger partial charge in [0.05, 0.1) is 5.56 Å². The standard InChI is InChI=1S/C21H25BrN2O/c1-16-6-4-5-13-24(16)15-18-11-9-17(10-12-18)14-23-21(25)19-7-2-3-8-20(19)22/h2-3,7-12,16H,4-6,13-15H2,1H3,(H,23,25). The van der Waals surface area contributed by atoms with E-state index in [2.05, 4.69) is 57.3 Å². The van der Waals surface area contributed by atoms with E-state index < -0.39 is 0 Å². The first kappa shape index (κ1) is 18.2. The number of rotatable bonds is 5. The molecule has 0 spiro atoms. The number of piperidine rings is 1. The zero-order valence-electron chi connectivity index (χ0n) is 14.7. The van der Waals surface area contributed by atoms with Crippen LogP contribution >= 0.6 is 15.9 Å². The van der Waals surface area contributed by atoms with E-state index in [0.717, 1.165) is 16.6 Å². The van der Waals surface area contributed by atoms with Crippen LogP contribution in [0.25, 0.3) is 0 Å². The molecular weight excluding hydrogens is 376 g/mol. The molecule has 1 fully saturated rings. The topological polar surface area (TPSA) is 32.3 Å². The molecule has 2 aromatic carbocycles. The lowest BCUT2D eigenvalue weighted by atomic mass is 10.0. The molecule has 3 nitrogen and oxygen atoms in total. The van der Waals surface area contributed by atoms with E-state index in [9.17, 15) is 4.79 Å². The molecule has 0 radical (unpaired) electrons. The minimum Gasteiger partial charge on any atom is -0.348 e. The second-order valence-electron chi connectivity index (χ2n) is 6.79. The summed E-state index contributed by atoms with van der Waals surface area (Å²) in [6, 6.07) is 16.8. The third-order valence-electron chi connectivity index (χ3n) is 4.92. The number of nitrogens with zero attached hydrogens (tertiary/aromatic N) is 1. The fourth-order valence-corrected chi connectivity index (χ4v) is 3.78. The highest BCUT2D eigenvalue weighted by Crippen LogP contribution is 2.19. The molecule has 1 saturated heterocycles. The zero-order chi connectivity index (χ0) is 17.6.